The topological polar surface area (TPSA) is 0 Å². The second kappa shape index (κ2) is 8.71. The zero-order valence-corrected chi connectivity index (χ0v) is 18.0. The molecular weight excluding hydrogens is 340 g/mol. The SMILES string of the molecule is Cc1cccc(Cc2cccc(Cc3cccc(C[Si]C(C)(C)C)c3)c2)c1. The Balaban J connectivity index is 1.69. The molecule has 0 spiro atoms. The van der Waals surface area contributed by atoms with Crippen molar-refractivity contribution in [1.82, 2.24) is 0 Å². The lowest BCUT2D eigenvalue weighted by Gasteiger charge is -2.16. The molecule has 0 heterocycles. The summed E-state index contributed by atoms with van der Waals surface area (Å²) in [6.07, 6.45) is 2.01. The van der Waals surface area contributed by atoms with Crippen LogP contribution >= 0.6 is 0 Å². The Morgan fingerprint density at radius 1 is 0.630 bits per heavy atom. The highest BCUT2D eigenvalue weighted by atomic mass is 28.2. The van der Waals surface area contributed by atoms with Crippen molar-refractivity contribution < 1.29 is 0 Å². The van der Waals surface area contributed by atoms with Crippen LogP contribution in [0.15, 0.2) is 72.8 Å². The second-order valence-electron chi connectivity index (χ2n) is 8.59. The molecule has 0 aliphatic rings. The number of rotatable bonds is 6. The molecule has 27 heavy (non-hydrogen) atoms. The fourth-order valence-electron chi connectivity index (χ4n) is 3.36. The van der Waals surface area contributed by atoms with Crippen molar-refractivity contribution in [2.24, 2.45) is 0 Å². The monoisotopic (exact) mass is 370 g/mol. The highest BCUT2D eigenvalue weighted by molar-refractivity contribution is 6.39. The molecule has 0 aliphatic carbocycles. The Bertz CT molecular complexity index is 886. The third-order valence-corrected chi connectivity index (χ3v) is 6.35. The minimum absolute atomic E-state index is 0.417. The van der Waals surface area contributed by atoms with E-state index in [2.05, 4.69) is 100 Å². The van der Waals surface area contributed by atoms with Gasteiger partial charge in [-0.05, 0) is 53.1 Å². The summed E-state index contributed by atoms with van der Waals surface area (Å²) in [7, 11) is 0.964. The molecule has 0 N–H and O–H groups in total. The quantitative estimate of drug-likeness (QED) is 0.429. The van der Waals surface area contributed by atoms with Crippen LogP contribution in [0.2, 0.25) is 5.04 Å². The molecule has 0 atom stereocenters. The van der Waals surface area contributed by atoms with Gasteiger partial charge in [-0.15, -0.1) is 0 Å². The van der Waals surface area contributed by atoms with Crippen LogP contribution in [0.4, 0.5) is 0 Å². The normalized spacial score (nSPS) is 11.6. The van der Waals surface area contributed by atoms with Crippen LogP contribution in [0.1, 0.15) is 54.2 Å². The zero-order chi connectivity index (χ0) is 19.3. The molecule has 0 fully saturated rings. The summed E-state index contributed by atoms with van der Waals surface area (Å²) >= 11 is 0. The molecule has 0 amide bonds. The van der Waals surface area contributed by atoms with Crippen molar-refractivity contribution >= 4 is 9.52 Å². The predicted octanol–water partition coefficient (Wildman–Crippen LogP) is 6.60. The largest absolute Gasteiger partial charge is 0.0630 e. The van der Waals surface area contributed by atoms with E-state index in [1.54, 1.807) is 0 Å². The molecule has 0 bridgehead atoms. The zero-order valence-electron chi connectivity index (χ0n) is 17.0. The third-order valence-electron chi connectivity index (χ3n) is 4.70. The molecule has 0 unspecified atom stereocenters. The van der Waals surface area contributed by atoms with Gasteiger partial charge in [0.2, 0.25) is 0 Å². The van der Waals surface area contributed by atoms with E-state index in [1.807, 2.05) is 0 Å². The smallest absolute Gasteiger partial charge is 0.0494 e. The van der Waals surface area contributed by atoms with Gasteiger partial charge in [0.1, 0.15) is 0 Å². The molecule has 3 aromatic carbocycles. The maximum atomic E-state index is 2.39. The Labute approximate surface area is 167 Å². The first-order valence-electron chi connectivity index (χ1n) is 9.84. The molecule has 0 saturated carbocycles. The third kappa shape index (κ3) is 6.52. The van der Waals surface area contributed by atoms with Crippen molar-refractivity contribution in [3.05, 3.63) is 106 Å². The lowest BCUT2D eigenvalue weighted by atomic mass is 9.98. The van der Waals surface area contributed by atoms with E-state index < -0.39 is 0 Å². The standard InChI is InChI=1S/C26H30Si/c1-20-8-5-9-21(14-20)15-22-10-6-11-23(16-22)17-24-12-7-13-25(18-24)19-27-26(2,3)4/h5-14,16,18H,15,17,19H2,1-4H3. The van der Waals surface area contributed by atoms with Gasteiger partial charge < -0.3 is 0 Å². The fourth-order valence-corrected chi connectivity index (χ4v) is 4.31. The molecule has 1 heteroatoms. The number of aryl methyl sites for hydroxylation is 1. The van der Waals surface area contributed by atoms with Gasteiger partial charge in [-0.3, -0.25) is 0 Å². The van der Waals surface area contributed by atoms with Gasteiger partial charge in [-0.2, -0.15) is 0 Å². The Morgan fingerprint density at radius 2 is 1.07 bits per heavy atom. The molecule has 0 saturated heterocycles. The lowest BCUT2D eigenvalue weighted by molar-refractivity contribution is 0.749. The predicted molar refractivity (Wildman–Crippen MR) is 119 cm³/mol. The van der Waals surface area contributed by atoms with E-state index in [4.69, 9.17) is 0 Å². The van der Waals surface area contributed by atoms with Crippen LogP contribution in [0.5, 0.6) is 0 Å². The molecule has 0 aromatic heterocycles. The van der Waals surface area contributed by atoms with Gasteiger partial charge in [-0.1, -0.05) is 105 Å². The molecule has 0 nitrogen and oxygen atoms in total. The van der Waals surface area contributed by atoms with Crippen molar-refractivity contribution in [3.8, 4) is 0 Å². The summed E-state index contributed by atoms with van der Waals surface area (Å²) in [6.45, 7) is 9.15. The summed E-state index contributed by atoms with van der Waals surface area (Å²) in [6, 6.07) is 28.2. The van der Waals surface area contributed by atoms with Crippen LogP contribution in [-0.2, 0) is 18.9 Å². The van der Waals surface area contributed by atoms with Crippen molar-refractivity contribution in [1.29, 1.82) is 0 Å². The van der Waals surface area contributed by atoms with E-state index in [9.17, 15) is 0 Å². The van der Waals surface area contributed by atoms with Crippen molar-refractivity contribution in [2.75, 3.05) is 0 Å². The van der Waals surface area contributed by atoms with Crippen LogP contribution in [0.3, 0.4) is 0 Å². The molecule has 3 rings (SSSR count). The van der Waals surface area contributed by atoms with E-state index in [0.29, 0.717) is 5.04 Å². The Hall–Kier alpha value is -2.12. The van der Waals surface area contributed by atoms with Crippen LogP contribution in [-0.4, -0.2) is 9.52 Å². The van der Waals surface area contributed by atoms with Gasteiger partial charge >= 0.3 is 0 Å². The van der Waals surface area contributed by atoms with Gasteiger partial charge in [0.25, 0.3) is 0 Å². The summed E-state index contributed by atoms with van der Waals surface area (Å²) in [4.78, 5) is 0. The molecule has 3 aromatic rings. The Morgan fingerprint density at radius 3 is 1.59 bits per heavy atom. The molecular formula is C26H30Si. The van der Waals surface area contributed by atoms with Gasteiger partial charge in [0, 0.05) is 9.52 Å². The highest BCUT2D eigenvalue weighted by Gasteiger charge is 2.11. The summed E-state index contributed by atoms with van der Waals surface area (Å²) in [5, 5.41) is 0.417. The average Bonchev–Trinajstić information content (AvgIpc) is 2.60. The van der Waals surface area contributed by atoms with Crippen molar-refractivity contribution in [3.63, 3.8) is 0 Å². The summed E-state index contributed by atoms with van der Waals surface area (Å²) in [5.41, 5.74) is 8.39. The lowest BCUT2D eigenvalue weighted by Crippen LogP contribution is -2.11. The van der Waals surface area contributed by atoms with Crippen molar-refractivity contribution in [2.45, 2.75) is 51.6 Å². The first kappa shape index (κ1) is 19.6. The first-order valence-corrected chi connectivity index (χ1v) is 11.0. The van der Waals surface area contributed by atoms with Crippen LogP contribution in [0.25, 0.3) is 0 Å². The number of benzene rings is 3. The van der Waals surface area contributed by atoms with E-state index >= 15 is 0 Å². The van der Waals surface area contributed by atoms with Crippen LogP contribution in [0, 0.1) is 6.92 Å². The van der Waals surface area contributed by atoms with Gasteiger partial charge in [-0.25, -0.2) is 0 Å². The van der Waals surface area contributed by atoms with E-state index in [1.165, 1.54) is 39.4 Å². The minimum atomic E-state index is 0.417. The maximum absolute atomic E-state index is 2.39. The second-order valence-corrected chi connectivity index (χ2v) is 10.8. The fraction of sp³-hybridized carbons (Fsp3) is 0.308. The maximum Gasteiger partial charge on any atom is 0.0494 e. The molecule has 138 valence electrons. The van der Waals surface area contributed by atoms with E-state index in [0.717, 1.165) is 22.4 Å². The molecule has 2 radical (unpaired) electrons. The minimum Gasteiger partial charge on any atom is -0.0630 e. The average molecular weight is 371 g/mol. The molecule has 0 aliphatic heterocycles. The highest BCUT2D eigenvalue weighted by Crippen LogP contribution is 2.22. The Kier molecular flexibility index (Phi) is 6.33. The number of hydrogen-bond donors (Lipinski definition) is 0. The first-order chi connectivity index (χ1) is 12.9. The summed E-state index contributed by atoms with van der Waals surface area (Å²) < 4.78 is 0. The number of hydrogen-bond acceptors (Lipinski definition) is 0. The van der Waals surface area contributed by atoms with E-state index in [-0.39, 0.29) is 0 Å². The summed E-state index contributed by atoms with van der Waals surface area (Å²) in [5.74, 6) is 0. The van der Waals surface area contributed by atoms with Crippen LogP contribution < -0.4 is 0 Å². The van der Waals surface area contributed by atoms with Gasteiger partial charge in [0.15, 0.2) is 0 Å². The van der Waals surface area contributed by atoms with Gasteiger partial charge in [0.05, 0.1) is 0 Å².